The molecule has 1 atom stereocenters. The van der Waals surface area contributed by atoms with E-state index in [1.807, 2.05) is 53.4 Å². The molecule has 1 aliphatic rings. The van der Waals surface area contributed by atoms with E-state index >= 15 is 0 Å². The number of hydrogen-bond acceptors (Lipinski definition) is 4. The summed E-state index contributed by atoms with van der Waals surface area (Å²) in [5.41, 5.74) is 9.96. The first-order valence-corrected chi connectivity index (χ1v) is 13.6. The molecule has 3 N–H and O–H groups in total. The third kappa shape index (κ3) is 7.19. The standard InChI is InChI=1S/C29H33Cl2N5O2/c1-2-11-35(20-37)28-10-12-34(19-28)13-14-36(29(38)33-26-17-23(30)16-24(31)18-26)27-8-6-21(7-9-27)22-4-3-5-25(32)15-22/h3-9,15-18,20,28H,2,10-14,19,32H2,1H3,(H,33,38)/t28-/m1/s1. The lowest BCUT2D eigenvalue weighted by Gasteiger charge is -2.27. The van der Waals surface area contributed by atoms with Crippen LogP contribution in [0, 0.1) is 0 Å². The Morgan fingerprint density at radius 1 is 1.05 bits per heavy atom. The van der Waals surface area contributed by atoms with Crippen LogP contribution in [0.2, 0.25) is 10.0 Å². The monoisotopic (exact) mass is 553 g/mol. The van der Waals surface area contributed by atoms with Crippen LogP contribution in [0.4, 0.5) is 21.9 Å². The van der Waals surface area contributed by atoms with Gasteiger partial charge in [0.15, 0.2) is 0 Å². The number of urea groups is 1. The molecule has 0 bridgehead atoms. The molecule has 0 radical (unpaired) electrons. The first kappa shape index (κ1) is 27.8. The minimum atomic E-state index is -0.281. The van der Waals surface area contributed by atoms with Crippen LogP contribution in [-0.4, -0.2) is 61.0 Å². The Morgan fingerprint density at radius 3 is 2.45 bits per heavy atom. The molecular weight excluding hydrogens is 521 g/mol. The van der Waals surface area contributed by atoms with Crippen molar-refractivity contribution < 1.29 is 9.59 Å². The van der Waals surface area contributed by atoms with Gasteiger partial charge in [-0.3, -0.25) is 14.6 Å². The second-order valence-corrected chi connectivity index (χ2v) is 10.4. The van der Waals surface area contributed by atoms with E-state index in [9.17, 15) is 9.59 Å². The van der Waals surface area contributed by atoms with Crippen molar-refractivity contribution in [3.8, 4) is 11.1 Å². The highest BCUT2D eigenvalue weighted by Crippen LogP contribution is 2.27. The lowest BCUT2D eigenvalue weighted by atomic mass is 10.0. The fourth-order valence-corrected chi connectivity index (χ4v) is 5.35. The molecule has 4 rings (SSSR count). The Balaban J connectivity index is 1.51. The number of hydrogen-bond donors (Lipinski definition) is 2. The molecule has 38 heavy (non-hydrogen) atoms. The van der Waals surface area contributed by atoms with E-state index < -0.39 is 0 Å². The number of anilines is 3. The van der Waals surface area contributed by atoms with Crippen LogP contribution in [0.25, 0.3) is 11.1 Å². The van der Waals surface area contributed by atoms with Crippen LogP contribution >= 0.6 is 23.2 Å². The highest BCUT2D eigenvalue weighted by molar-refractivity contribution is 6.35. The number of benzene rings is 3. The smallest absolute Gasteiger partial charge is 0.326 e. The van der Waals surface area contributed by atoms with E-state index in [4.69, 9.17) is 28.9 Å². The summed E-state index contributed by atoms with van der Waals surface area (Å²) in [7, 11) is 0. The van der Waals surface area contributed by atoms with E-state index in [2.05, 4.69) is 17.1 Å². The normalized spacial score (nSPS) is 15.3. The highest BCUT2D eigenvalue weighted by atomic mass is 35.5. The van der Waals surface area contributed by atoms with Gasteiger partial charge < -0.3 is 16.0 Å². The molecule has 1 saturated heterocycles. The van der Waals surface area contributed by atoms with Crippen molar-refractivity contribution in [3.05, 3.63) is 76.8 Å². The summed E-state index contributed by atoms with van der Waals surface area (Å²) in [6.07, 6.45) is 2.82. The molecule has 3 amide bonds. The van der Waals surface area contributed by atoms with Gasteiger partial charge in [-0.05, 0) is 66.4 Å². The summed E-state index contributed by atoms with van der Waals surface area (Å²) in [6.45, 7) is 5.66. The number of halogens is 2. The molecule has 9 heteroatoms. The van der Waals surface area contributed by atoms with Gasteiger partial charge in [0.05, 0.1) is 0 Å². The third-order valence-corrected chi connectivity index (χ3v) is 7.17. The fraction of sp³-hybridized carbons (Fsp3) is 0.310. The Hall–Kier alpha value is -3.26. The first-order valence-electron chi connectivity index (χ1n) is 12.8. The fourth-order valence-electron chi connectivity index (χ4n) is 4.82. The lowest BCUT2D eigenvalue weighted by Crippen LogP contribution is -2.42. The van der Waals surface area contributed by atoms with Crippen molar-refractivity contribution >= 4 is 52.7 Å². The van der Waals surface area contributed by atoms with E-state index in [-0.39, 0.29) is 12.1 Å². The molecular formula is C29H33Cl2N5O2. The minimum absolute atomic E-state index is 0.209. The SMILES string of the molecule is CCCN(C=O)[C@@H]1CCN(CCN(C(=O)Nc2cc(Cl)cc(Cl)c2)c2ccc(-c3cccc(N)c3)cc2)C1. The summed E-state index contributed by atoms with van der Waals surface area (Å²) in [5.74, 6) is 0. The maximum absolute atomic E-state index is 13.5. The number of carbonyl (C=O) groups is 2. The molecule has 3 aromatic rings. The molecule has 3 aromatic carbocycles. The van der Waals surface area contributed by atoms with Gasteiger partial charge in [-0.15, -0.1) is 0 Å². The summed E-state index contributed by atoms with van der Waals surface area (Å²) in [4.78, 5) is 30.9. The van der Waals surface area contributed by atoms with E-state index in [0.29, 0.717) is 34.5 Å². The number of carbonyl (C=O) groups excluding carboxylic acids is 2. The Morgan fingerprint density at radius 2 is 1.79 bits per heavy atom. The third-order valence-electron chi connectivity index (χ3n) is 6.73. The number of likely N-dealkylation sites (tertiary alicyclic amines) is 1. The average Bonchev–Trinajstić information content (AvgIpc) is 3.36. The predicted molar refractivity (Wildman–Crippen MR) is 157 cm³/mol. The minimum Gasteiger partial charge on any atom is -0.399 e. The van der Waals surface area contributed by atoms with Crippen LogP contribution in [0.3, 0.4) is 0 Å². The van der Waals surface area contributed by atoms with Crippen molar-refractivity contribution in [1.29, 1.82) is 0 Å². The number of nitrogens with zero attached hydrogens (tertiary/aromatic N) is 3. The number of amides is 3. The van der Waals surface area contributed by atoms with Crippen molar-refractivity contribution in [2.75, 3.05) is 48.7 Å². The number of nitrogen functional groups attached to an aromatic ring is 1. The molecule has 0 aromatic heterocycles. The second kappa shape index (κ2) is 13.0. The van der Waals surface area contributed by atoms with Gasteiger partial charge in [0.1, 0.15) is 0 Å². The van der Waals surface area contributed by atoms with Gasteiger partial charge >= 0.3 is 6.03 Å². The number of rotatable bonds is 10. The first-order chi connectivity index (χ1) is 18.4. The van der Waals surface area contributed by atoms with E-state index in [1.165, 1.54) is 0 Å². The molecule has 0 saturated carbocycles. The largest absolute Gasteiger partial charge is 0.399 e. The van der Waals surface area contributed by atoms with Crippen LogP contribution < -0.4 is 16.0 Å². The highest BCUT2D eigenvalue weighted by Gasteiger charge is 2.27. The Labute approximate surface area is 234 Å². The maximum Gasteiger partial charge on any atom is 0.326 e. The van der Waals surface area contributed by atoms with E-state index in [0.717, 1.165) is 55.7 Å². The zero-order valence-electron chi connectivity index (χ0n) is 21.4. The van der Waals surface area contributed by atoms with Crippen molar-refractivity contribution in [1.82, 2.24) is 9.80 Å². The topological polar surface area (TPSA) is 81.9 Å². The maximum atomic E-state index is 13.5. The van der Waals surface area contributed by atoms with Gasteiger partial charge in [-0.1, -0.05) is 54.4 Å². The zero-order valence-corrected chi connectivity index (χ0v) is 23.0. The van der Waals surface area contributed by atoms with Crippen LogP contribution in [0.5, 0.6) is 0 Å². The van der Waals surface area contributed by atoms with Gasteiger partial charge in [-0.2, -0.15) is 0 Å². The molecule has 1 fully saturated rings. The van der Waals surface area contributed by atoms with Crippen molar-refractivity contribution in [3.63, 3.8) is 0 Å². The number of nitrogens with one attached hydrogen (secondary N) is 1. The average molecular weight is 555 g/mol. The zero-order chi connectivity index (χ0) is 27.1. The Bertz CT molecular complexity index is 1230. The quantitative estimate of drug-likeness (QED) is 0.230. The molecule has 0 spiro atoms. The summed E-state index contributed by atoms with van der Waals surface area (Å²) >= 11 is 12.3. The lowest BCUT2D eigenvalue weighted by molar-refractivity contribution is -0.120. The molecule has 0 unspecified atom stereocenters. The predicted octanol–water partition coefficient (Wildman–Crippen LogP) is 6.22. The van der Waals surface area contributed by atoms with Gasteiger partial charge in [0, 0.05) is 65.9 Å². The number of nitrogens with two attached hydrogens (primary N) is 1. The summed E-state index contributed by atoms with van der Waals surface area (Å²) < 4.78 is 0. The van der Waals surface area contributed by atoms with Crippen molar-refractivity contribution in [2.45, 2.75) is 25.8 Å². The Kier molecular flexibility index (Phi) is 9.50. The molecule has 7 nitrogen and oxygen atoms in total. The molecule has 0 aliphatic carbocycles. The molecule has 1 heterocycles. The van der Waals surface area contributed by atoms with E-state index in [1.54, 1.807) is 23.1 Å². The molecule has 200 valence electrons. The van der Waals surface area contributed by atoms with Crippen LogP contribution in [0.1, 0.15) is 19.8 Å². The summed E-state index contributed by atoms with van der Waals surface area (Å²) in [6, 6.07) is 20.4. The van der Waals surface area contributed by atoms with Crippen molar-refractivity contribution in [2.24, 2.45) is 0 Å². The van der Waals surface area contributed by atoms with Crippen LogP contribution in [-0.2, 0) is 4.79 Å². The summed E-state index contributed by atoms with van der Waals surface area (Å²) in [5, 5.41) is 3.82. The van der Waals surface area contributed by atoms with Gasteiger partial charge in [-0.25, -0.2) is 4.79 Å². The molecule has 1 aliphatic heterocycles. The van der Waals surface area contributed by atoms with Crippen LogP contribution in [0.15, 0.2) is 66.7 Å². The van der Waals surface area contributed by atoms with Gasteiger partial charge in [0.25, 0.3) is 0 Å². The van der Waals surface area contributed by atoms with Gasteiger partial charge in [0.2, 0.25) is 6.41 Å². The second-order valence-electron chi connectivity index (χ2n) is 9.50.